The Morgan fingerprint density at radius 2 is 2.00 bits per heavy atom. The monoisotopic (exact) mass is 213 g/mol. The third-order valence-corrected chi connectivity index (χ3v) is 2.45. The summed E-state index contributed by atoms with van der Waals surface area (Å²) in [6.07, 6.45) is -2.92. The Morgan fingerprint density at radius 1 is 1.46 bits per heavy atom. The minimum absolute atomic E-state index is 0.231. The lowest BCUT2D eigenvalue weighted by Crippen LogP contribution is -2.31. The molecule has 2 unspecified atom stereocenters. The molecule has 0 fully saturated rings. The highest BCUT2D eigenvalue weighted by Crippen LogP contribution is 2.01. The van der Waals surface area contributed by atoms with Crippen molar-refractivity contribution in [3.8, 4) is 0 Å². The van der Waals surface area contributed by atoms with Crippen molar-refractivity contribution in [2.24, 2.45) is 0 Å². The van der Waals surface area contributed by atoms with Crippen LogP contribution in [0.4, 0.5) is 0 Å². The average Bonchev–Trinajstić information content (AvgIpc) is 2.00. The minimum atomic E-state index is -3.76. The molecule has 0 heterocycles. The molecule has 0 aliphatic carbocycles. The number of rotatable bonds is 6. The van der Waals surface area contributed by atoms with E-state index in [4.69, 9.17) is 10.2 Å². The van der Waals surface area contributed by atoms with Gasteiger partial charge in [0.2, 0.25) is 0 Å². The highest BCUT2D eigenvalue weighted by molar-refractivity contribution is 7.86. The van der Waals surface area contributed by atoms with Gasteiger partial charge in [-0.15, -0.1) is 0 Å². The fourth-order valence-electron chi connectivity index (χ4n) is 0.506. The summed E-state index contributed by atoms with van der Waals surface area (Å²) in [5.41, 5.74) is 0. The Balaban J connectivity index is 4.02. The van der Waals surface area contributed by atoms with E-state index in [9.17, 15) is 8.42 Å². The van der Waals surface area contributed by atoms with Crippen molar-refractivity contribution in [3.63, 3.8) is 0 Å². The van der Waals surface area contributed by atoms with Gasteiger partial charge in [-0.3, -0.25) is 0 Å². The van der Waals surface area contributed by atoms with Crippen molar-refractivity contribution >= 4 is 10.1 Å². The van der Waals surface area contributed by atoms with Crippen LogP contribution in [-0.4, -0.2) is 50.4 Å². The SMILES string of the molecule is CNCCS(=O)(=O)OC(O)C(C)O. The van der Waals surface area contributed by atoms with E-state index in [1.807, 2.05) is 0 Å². The van der Waals surface area contributed by atoms with Gasteiger partial charge in [0.05, 0.1) is 5.75 Å². The molecule has 0 saturated carbocycles. The smallest absolute Gasteiger partial charge is 0.271 e. The predicted molar refractivity (Wildman–Crippen MR) is 46.5 cm³/mol. The normalized spacial score (nSPS) is 16.9. The van der Waals surface area contributed by atoms with Crippen molar-refractivity contribution in [2.75, 3.05) is 19.3 Å². The van der Waals surface area contributed by atoms with Crippen molar-refractivity contribution < 1.29 is 22.8 Å². The summed E-state index contributed by atoms with van der Waals surface area (Å²) in [6.45, 7) is 1.47. The van der Waals surface area contributed by atoms with Crippen LogP contribution in [0.1, 0.15) is 6.92 Å². The van der Waals surface area contributed by atoms with Crippen molar-refractivity contribution in [1.82, 2.24) is 5.32 Å². The summed E-state index contributed by atoms with van der Waals surface area (Å²) in [6, 6.07) is 0. The zero-order chi connectivity index (χ0) is 10.5. The molecule has 0 amide bonds. The average molecular weight is 213 g/mol. The lowest BCUT2D eigenvalue weighted by molar-refractivity contribution is -0.0922. The Labute approximate surface area is 77.7 Å². The molecule has 80 valence electrons. The first-order valence-corrected chi connectivity index (χ1v) is 5.38. The number of nitrogens with one attached hydrogen (secondary N) is 1. The molecule has 0 radical (unpaired) electrons. The summed E-state index contributed by atoms with van der Waals surface area (Å²) >= 11 is 0. The standard InChI is InChI=1S/C6H15NO5S/c1-5(8)6(9)12-13(10,11)4-3-7-2/h5-9H,3-4H2,1-2H3. The van der Waals surface area contributed by atoms with E-state index in [0.717, 1.165) is 0 Å². The molecule has 3 N–H and O–H groups in total. The molecule has 13 heavy (non-hydrogen) atoms. The van der Waals surface area contributed by atoms with Crippen LogP contribution in [0.5, 0.6) is 0 Å². The quantitative estimate of drug-likeness (QED) is 0.358. The molecule has 0 aromatic rings. The Kier molecular flexibility index (Phi) is 5.42. The molecule has 0 aliphatic heterocycles. The van der Waals surface area contributed by atoms with Gasteiger partial charge in [-0.1, -0.05) is 0 Å². The molecule has 2 atom stereocenters. The van der Waals surface area contributed by atoms with E-state index < -0.39 is 22.5 Å². The van der Waals surface area contributed by atoms with Gasteiger partial charge in [-0.2, -0.15) is 8.42 Å². The maximum absolute atomic E-state index is 11.0. The highest BCUT2D eigenvalue weighted by Gasteiger charge is 2.20. The second-order valence-corrected chi connectivity index (χ2v) is 4.31. The third kappa shape index (κ3) is 5.94. The van der Waals surface area contributed by atoms with Crippen LogP contribution in [0.15, 0.2) is 0 Å². The number of aliphatic hydroxyl groups is 2. The zero-order valence-corrected chi connectivity index (χ0v) is 8.41. The second kappa shape index (κ2) is 5.51. The largest absolute Gasteiger partial charge is 0.388 e. The summed E-state index contributed by atoms with van der Waals surface area (Å²) < 4.78 is 26.2. The molecule has 0 bridgehead atoms. The van der Waals surface area contributed by atoms with Crippen molar-refractivity contribution in [2.45, 2.75) is 19.3 Å². The van der Waals surface area contributed by atoms with Gasteiger partial charge in [0, 0.05) is 6.54 Å². The van der Waals surface area contributed by atoms with Crippen LogP contribution in [0, 0.1) is 0 Å². The molecular formula is C6H15NO5S. The second-order valence-electron chi connectivity index (χ2n) is 2.59. The van der Waals surface area contributed by atoms with Crippen molar-refractivity contribution in [1.29, 1.82) is 0 Å². The van der Waals surface area contributed by atoms with Gasteiger partial charge in [0.15, 0.2) is 6.29 Å². The van der Waals surface area contributed by atoms with E-state index in [-0.39, 0.29) is 12.3 Å². The van der Waals surface area contributed by atoms with E-state index >= 15 is 0 Å². The molecule has 0 aliphatic rings. The molecule has 0 aromatic heterocycles. The van der Waals surface area contributed by atoms with Crippen LogP contribution >= 0.6 is 0 Å². The Bertz CT molecular complexity index is 225. The maximum Gasteiger partial charge on any atom is 0.271 e. The summed E-state index contributed by atoms with van der Waals surface area (Å²) in [4.78, 5) is 0. The fourth-order valence-corrected chi connectivity index (χ4v) is 1.52. The zero-order valence-electron chi connectivity index (χ0n) is 7.60. The first kappa shape index (κ1) is 12.8. The molecule has 0 saturated heterocycles. The molecule has 0 rings (SSSR count). The first-order valence-electron chi connectivity index (χ1n) is 3.81. The van der Waals surface area contributed by atoms with Crippen LogP contribution < -0.4 is 5.32 Å². The topological polar surface area (TPSA) is 95.9 Å². The van der Waals surface area contributed by atoms with E-state index in [1.54, 1.807) is 7.05 Å². The Hall–Kier alpha value is -0.210. The lowest BCUT2D eigenvalue weighted by Gasteiger charge is -2.13. The van der Waals surface area contributed by atoms with Crippen molar-refractivity contribution in [3.05, 3.63) is 0 Å². The van der Waals surface area contributed by atoms with Gasteiger partial charge in [-0.05, 0) is 14.0 Å². The summed E-state index contributed by atoms with van der Waals surface area (Å²) in [5.74, 6) is -0.243. The molecular weight excluding hydrogens is 198 g/mol. The van der Waals surface area contributed by atoms with E-state index in [0.29, 0.717) is 0 Å². The van der Waals surface area contributed by atoms with Crippen LogP contribution in [0.3, 0.4) is 0 Å². The first-order chi connectivity index (χ1) is 5.89. The summed E-state index contributed by atoms with van der Waals surface area (Å²) in [7, 11) is -2.16. The Morgan fingerprint density at radius 3 is 2.38 bits per heavy atom. The number of aliphatic hydroxyl groups excluding tert-OH is 2. The van der Waals surface area contributed by atoms with Gasteiger partial charge >= 0.3 is 0 Å². The number of hydrogen-bond donors (Lipinski definition) is 3. The number of hydrogen-bond acceptors (Lipinski definition) is 6. The summed E-state index contributed by atoms with van der Waals surface area (Å²) in [5, 5.41) is 20.3. The fraction of sp³-hybridized carbons (Fsp3) is 1.00. The lowest BCUT2D eigenvalue weighted by atomic mass is 10.4. The molecule has 7 heteroatoms. The maximum atomic E-state index is 11.0. The van der Waals surface area contributed by atoms with Gasteiger partial charge in [-0.25, -0.2) is 4.18 Å². The highest BCUT2D eigenvalue weighted by atomic mass is 32.2. The van der Waals surface area contributed by atoms with Crippen LogP contribution in [0.2, 0.25) is 0 Å². The molecule has 0 aromatic carbocycles. The van der Waals surface area contributed by atoms with E-state index in [2.05, 4.69) is 9.50 Å². The van der Waals surface area contributed by atoms with Gasteiger partial charge in [0.25, 0.3) is 10.1 Å². The van der Waals surface area contributed by atoms with Crippen LogP contribution in [-0.2, 0) is 14.3 Å². The molecule has 0 spiro atoms. The van der Waals surface area contributed by atoms with Crippen LogP contribution in [0.25, 0.3) is 0 Å². The van der Waals surface area contributed by atoms with E-state index in [1.165, 1.54) is 6.92 Å². The predicted octanol–water partition coefficient (Wildman–Crippen LogP) is -1.75. The molecule has 6 nitrogen and oxygen atoms in total. The minimum Gasteiger partial charge on any atom is -0.388 e. The van der Waals surface area contributed by atoms with Gasteiger partial charge < -0.3 is 15.5 Å². The third-order valence-electron chi connectivity index (χ3n) is 1.26. The van der Waals surface area contributed by atoms with Gasteiger partial charge in [0.1, 0.15) is 6.10 Å².